The molecule has 34 heavy (non-hydrogen) atoms. The quantitative estimate of drug-likeness (QED) is 0.537. The van der Waals surface area contributed by atoms with E-state index in [9.17, 15) is 14.7 Å². The smallest absolute Gasteiger partial charge is 0.413 e. The van der Waals surface area contributed by atoms with Gasteiger partial charge in [0, 0.05) is 7.05 Å². The van der Waals surface area contributed by atoms with Gasteiger partial charge in [0.1, 0.15) is 12.4 Å². The highest BCUT2D eigenvalue weighted by Gasteiger charge is 2.28. The summed E-state index contributed by atoms with van der Waals surface area (Å²) in [6, 6.07) is 12.9. The summed E-state index contributed by atoms with van der Waals surface area (Å²) in [4.78, 5) is 28.3. The summed E-state index contributed by atoms with van der Waals surface area (Å²) < 4.78 is 12.8. The van der Waals surface area contributed by atoms with E-state index >= 15 is 0 Å². The lowest BCUT2D eigenvalue weighted by Crippen LogP contribution is -2.29. The molecule has 1 amide bonds. The number of hydrogen-bond acceptors (Lipinski definition) is 7. The highest BCUT2D eigenvalue weighted by molar-refractivity contribution is 5.88. The van der Waals surface area contributed by atoms with Crippen LogP contribution in [0.25, 0.3) is 11.4 Å². The zero-order valence-corrected chi connectivity index (χ0v) is 19.1. The second-order valence-electron chi connectivity index (χ2n) is 8.32. The number of nitrogens with zero attached hydrogens (tertiary/aromatic N) is 4. The number of aromatic nitrogens is 4. The van der Waals surface area contributed by atoms with Gasteiger partial charge in [-0.25, -0.2) is 14.5 Å². The van der Waals surface area contributed by atoms with E-state index < -0.39 is 12.1 Å². The number of pyridine rings is 1. The zero-order chi connectivity index (χ0) is 24.1. The molecule has 2 heterocycles. The summed E-state index contributed by atoms with van der Waals surface area (Å²) in [6.45, 7) is 1.95. The lowest BCUT2D eigenvalue weighted by Gasteiger charge is -2.27. The van der Waals surface area contributed by atoms with Gasteiger partial charge in [0.05, 0.1) is 23.4 Å². The molecule has 0 radical (unpaired) electrons. The van der Waals surface area contributed by atoms with Crippen LogP contribution in [0.15, 0.2) is 42.5 Å². The minimum absolute atomic E-state index is 0.139. The molecule has 2 aromatic heterocycles. The van der Waals surface area contributed by atoms with Crippen molar-refractivity contribution in [3.8, 4) is 17.1 Å². The Morgan fingerprint density at radius 2 is 1.97 bits per heavy atom. The van der Waals surface area contributed by atoms with Crippen LogP contribution in [-0.4, -0.2) is 43.3 Å². The van der Waals surface area contributed by atoms with Crippen LogP contribution in [0.4, 0.5) is 10.6 Å². The van der Waals surface area contributed by atoms with Gasteiger partial charge >= 0.3 is 12.1 Å². The zero-order valence-electron chi connectivity index (χ0n) is 19.1. The van der Waals surface area contributed by atoms with Gasteiger partial charge in [-0.1, -0.05) is 35.5 Å². The molecule has 1 fully saturated rings. The fourth-order valence-electron chi connectivity index (χ4n) is 3.99. The standard InChI is InChI=1S/C24H27N5O5/c1-15-20(34-18-10-6-9-17(13-18)23(30)31)12-11-19(25-15)21-22(29(2)28-27-21)26-24(32)33-14-16-7-4-3-5-8-16/h3-5,7-8,11-12,17-18H,6,9-10,13-14H2,1-2H3,(H,26,32)(H,30,31)/t17-,18-/m0/s1. The van der Waals surface area contributed by atoms with E-state index in [1.807, 2.05) is 37.3 Å². The number of amides is 1. The lowest BCUT2D eigenvalue weighted by atomic mass is 9.87. The first kappa shape index (κ1) is 23.2. The van der Waals surface area contributed by atoms with Crippen LogP contribution >= 0.6 is 0 Å². The molecule has 0 saturated heterocycles. The van der Waals surface area contributed by atoms with Gasteiger partial charge in [0.2, 0.25) is 0 Å². The van der Waals surface area contributed by atoms with Crippen molar-refractivity contribution in [1.29, 1.82) is 0 Å². The fraction of sp³-hybridized carbons (Fsp3) is 0.375. The third-order valence-electron chi connectivity index (χ3n) is 5.81. The number of ether oxygens (including phenoxy) is 2. The number of carboxylic acid groups (broad SMARTS) is 1. The predicted molar refractivity (Wildman–Crippen MR) is 123 cm³/mol. The molecule has 178 valence electrons. The second-order valence-corrected chi connectivity index (χ2v) is 8.32. The van der Waals surface area contributed by atoms with Crippen LogP contribution in [0.1, 0.15) is 36.9 Å². The summed E-state index contributed by atoms with van der Waals surface area (Å²) in [5, 5.41) is 20.1. The average Bonchev–Trinajstić information content (AvgIpc) is 3.19. The third kappa shape index (κ3) is 5.51. The minimum Gasteiger partial charge on any atom is -0.489 e. The maximum Gasteiger partial charge on any atom is 0.413 e. The summed E-state index contributed by atoms with van der Waals surface area (Å²) >= 11 is 0. The summed E-state index contributed by atoms with van der Waals surface area (Å²) in [5.74, 6) is -0.194. The number of carboxylic acids is 1. The fourth-order valence-corrected chi connectivity index (χ4v) is 3.99. The molecular formula is C24H27N5O5. The molecule has 0 spiro atoms. The Labute approximate surface area is 196 Å². The Balaban J connectivity index is 1.44. The van der Waals surface area contributed by atoms with E-state index in [4.69, 9.17) is 9.47 Å². The summed E-state index contributed by atoms with van der Waals surface area (Å²) in [5.41, 5.74) is 2.43. The number of aliphatic carboxylic acids is 1. The SMILES string of the molecule is Cc1nc(-c2nnn(C)c2NC(=O)OCc2ccccc2)ccc1O[C@H]1CCC[C@H](C(=O)O)C1. The molecule has 2 atom stereocenters. The maximum absolute atomic E-state index is 12.4. The van der Waals surface area contributed by atoms with Gasteiger partial charge in [-0.3, -0.25) is 10.1 Å². The highest BCUT2D eigenvalue weighted by Crippen LogP contribution is 2.31. The molecule has 3 aromatic rings. The van der Waals surface area contributed by atoms with E-state index in [1.165, 1.54) is 4.68 Å². The van der Waals surface area contributed by atoms with E-state index in [0.29, 0.717) is 41.5 Å². The van der Waals surface area contributed by atoms with Gasteiger partial charge in [-0.15, -0.1) is 5.10 Å². The molecule has 1 saturated carbocycles. The Morgan fingerprint density at radius 1 is 1.18 bits per heavy atom. The van der Waals surface area contributed by atoms with Crippen molar-refractivity contribution >= 4 is 17.9 Å². The first-order chi connectivity index (χ1) is 16.4. The van der Waals surface area contributed by atoms with Crippen molar-refractivity contribution in [1.82, 2.24) is 20.0 Å². The van der Waals surface area contributed by atoms with Crippen LogP contribution in [0.3, 0.4) is 0 Å². The van der Waals surface area contributed by atoms with Crippen molar-refractivity contribution in [3.63, 3.8) is 0 Å². The van der Waals surface area contributed by atoms with Crippen molar-refractivity contribution in [3.05, 3.63) is 53.7 Å². The third-order valence-corrected chi connectivity index (χ3v) is 5.81. The predicted octanol–water partition coefficient (Wildman–Crippen LogP) is 3.96. The van der Waals surface area contributed by atoms with Gasteiger partial charge in [0.25, 0.3) is 0 Å². The minimum atomic E-state index is -0.775. The molecule has 0 bridgehead atoms. The Kier molecular flexibility index (Phi) is 7.05. The highest BCUT2D eigenvalue weighted by atomic mass is 16.5. The maximum atomic E-state index is 12.4. The molecule has 4 rings (SSSR count). The Morgan fingerprint density at radius 3 is 2.71 bits per heavy atom. The Hall–Kier alpha value is -3.95. The van der Waals surface area contributed by atoms with E-state index in [0.717, 1.165) is 18.4 Å². The molecule has 1 aliphatic carbocycles. The van der Waals surface area contributed by atoms with Crippen molar-refractivity contribution < 1.29 is 24.2 Å². The first-order valence-corrected chi connectivity index (χ1v) is 11.2. The number of rotatable bonds is 7. The molecule has 10 heteroatoms. The number of carbonyl (C=O) groups excluding carboxylic acids is 1. The number of aryl methyl sites for hydroxylation is 2. The first-order valence-electron chi connectivity index (χ1n) is 11.2. The molecule has 1 aromatic carbocycles. The molecule has 1 aliphatic rings. The summed E-state index contributed by atoms with van der Waals surface area (Å²) in [6.07, 6.45) is 2.02. The number of nitrogens with one attached hydrogen (secondary N) is 1. The van der Waals surface area contributed by atoms with Crippen LogP contribution in [0.5, 0.6) is 5.75 Å². The van der Waals surface area contributed by atoms with E-state index in [1.54, 1.807) is 19.2 Å². The van der Waals surface area contributed by atoms with E-state index in [-0.39, 0.29) is 18.6 Å². The van der Waals surface area contributed by atoms with Gasteiger partial charge in [-0.2, -0.15) is 0 Å². The Bertz CT molecular complexity index is 1160. The second kappa shape index (κ2) is 10.3. The van der Waals surface area contributed by atoms with Crippen molar-refractivity contribution in [2.45, 2.75) is 45.3 Å². The average molecular weight is 466 g/mol. The largest absolute Gasteiger partial charge is 0.489 e. The summed E-state index contributed by atoms with van der Waals surface area (Å²) in [7, 11) is 1.66. The van der Waals surface area contributed by atoms with Crippen molar-refractivity contribution in [2.75, 3.05) is 5.32 Å². The van der Waals surface area contributed by atoms with E-state index in [2.05, 4.69) is 20.6 Å². The molecule has 0 unspecified atom stereocenters. The van der Waals surface area contributed by atoms with Gasteiger partial charge in [-0.05, 0) is 50.3 Å². The number of benzene rings is 1. The van der Waals surface area contributed by atoms with Gasteiger partial charge in [0.15, 0.2) is 11.5 Å². The van der Waals surface area contributed by atoms with Gasteiger partial charge < -0.3 is 14.6 Å². The lowest BCUT2D eigenvalue weighted by molar-refractivity contribution is -0.143. The number of carbonyl (C=O) groups is 2. The molecule has 10 nitrogen and oxygen atoms in total. The molecule has 2 N–H and O–H groups in total. The van der Waals surface area contributed by atoms with Crippen LogP contribution in [0, 0.1) is 12.8 Å². The number of anilines is 1. The van der Waals surface area contributed by atoms with Crippen molar-refractivity contribution in [2.24, 2.45) is 13.0 Å². The molecule has 0 aliphatic heterocycles. The van der Waals surface area contributed by atoms with Crippen LogP contribution in [0.2, 0.25) is 0 Å². The monoisotopic (exact) mass is 465 g/mol. The normalized spacial score (nSPS) is 17.7. The van der Waals surface area contributed by atoms with Crippen LogP contribution in [-0.2, 0) is 23.2 Å². The topological polar surface area (TPSA) is 128 Å². The molecular weight excluding hydrogens is 438 g/mol. The van der Waals surface area contributed by atoms with Crippen LogP contribution < -0.4 is 10.1 Å². The number of hydrogen-bond donors (Lipinski definition) is 2.